The van der Waals surface area contributed by atoms with E-state index in [9.17, 15) is 9.59 Å². The van der Waals surface area contributed by atoms with E-state index in [0.29, 0.717) is 31.9 Å². The molecule has 2 amide bonds. The van der Waals surface area contributed by atoms with Crippen LogP contribution in [0.1, 0.15) is 12.0 Å². The number of hydrazone groups is 1. The maximum atomic E-state index is 11.5. The van der Waals surface area contributed by atoms with Crippen LogP contribution >= 0.6 is 0 Å². The van der Waals surface area contributed by atoms with Crippen molar-refractivity contribution in [1.29, 1.82) is 0 Å². The summed E-state index contributed by atoms with van der Waals surface area (Å²) in [5, 5.41) is 6.21. The lowest BCUT2D eigenvalue weighted by Gasteiger charge is -2.04. The SMILES string of the molecule is C=CCOc1cccc(C=NNC(=O)C(=O)NCCCOC)c1. The number of amides is 2. The van der Waals surface area contributed by atoms with Crippen LogP contribution < -0.4 is 15.5 Å². The third kappa shape index (κ3) is 7.77. The number of carbonyl (C=O) groups is 2. The number of ether oxygens (including phenoxy) is 2. The fourth-order valence-electron chi connectivity index (χ4n) is 1.55. The summed E-state index contributed by atoms with van der Waals surface area (Å²) in [6.07, 6.45) is 3.71. The summed E-state index contributed by atoms with van der Waals surface area (Å²) < 4.78 is 10.2. The molecule has 0 aliphatic carbocycles. The number of rotatable bonds is 9. The fraction of sp³-hybridized carbons (Fsp3) is 0.312. The summed E-state index contributed by atoms with van der Waals surface area (Å²) in [7, 11) is 1.57. The zero-order valence-corrected chi connectivity index (χ0v) is 13.1. The van der Waals surface area contributed by atoms with Crippen molar-refractivity contribution in [1.82, 2.24) is 10.7 Å². The molecule has 1 aromatic carbocycles. The highest BCUT2D eigenvalue weighted by Gasteiger charge is 2.11. The molecule has 2 N–H and O–H groups in total. The lowest BCUT2D eigenvalue weighted by atomic mass is 10.2. The summed E-state index contributed by atoms with van der Waals surface area (Å²) in [5.41, 5.74) is 2.89. The van der Waals surface area contributed by atoms with E-state index < -0.39 is 11.8 Å². The van der Waals surface area contributed by atoms with Crippen molar-refractivity contribution >= 4 is 18.0 Å². The molecule has 0 unspecified atom stereocenters. The Balaban J connectivity index is 2.41. The van der Waals surface area contributed by atoms with Crippen LogP contribution in [0.4, 0.5) is 0 Å². The Labute approximate surface area is 135 Å². The molecule has 0 aliphatic rings. The maximum Gasteiger partial charge on any atom is 0.329 e. The predicted molar refractivity (Wildman–Crippen MR) is 87.4 cm³/mol. The Hall–Kier alpha value is -2.67. The molecule has 23 heavy (non-hydrogen) atoms. The molecule has 0 aromatic heterocycles. The average molecular weight is 319 g/mol. The van der Waals surface area contributed by atoms with Crippen LogP contribution in [0.15, 0.2) is 42.0 Å². The number of hydrogen-bond acceptors (Lipinski definition) is 5. The molecule has 0 aliphatic heterocycles. The van der Waals surface area contributed by atoms with E-state index in [2.05, 4.69) is 22.4 Å². The summed E-state index contributed by atoms with van der Waals surface area (Å²) in [4.78, 5) is 23.0. The van der Waals surface area contributed by atoms with Crippen molar-refractivity contribution in [3.8, 4) is 5.75 Å². The van der Waals surface area contributed by atoms with Crippen molar-refractivity contribution < 1.29 is 19.1 Å². The van der Waals surface area contributed by atoms with Crippen molar-refractivity contribution in [2.75, 3.05) is 26.9 Å². The van der Waals surface area contributed by atoms with Crippen LogP contribution in [0.3, 0.4) is 0 Å². The van der Waals surface area contributed by atoms with Gasteiger partial charge in [0.1, 0.15) is 12.4 Å². The van der Waals surface area contributed by atoms with E-state index in [1.165, 1.54) is 6.21 Å². The summed E-state index contributed by atoms with van der Waals surface area (Å²) in [6, 6.07) is 7.14. The number of methoxy groups -OCH3 is 1. The highest BCUT2D eigenvalue weighted by molar-refractivity contribution is 6.35. The minimum atomic E-state index is -0.822. The topological polar surface area (TPSA) is 89.0 Å². The largest absolute Gasteiger partial charge is 0.490 e. The van der Waals surface area contributed by atoms with Crippen molar-refractivity contribution in [3.05, 3.63) is 42.5 Å². The lowest BCUT2D eigenvalue weighted by Crippen LogP contribution is -2.38. The third-order valence-corrected chi connectivity index (χ3v) is 2.62. The smallest absolute Gasteiger partial charge is 0.329 e. The fourth-order valence-corrected chi connectivity index (χ4v) is 1.55. The van der Waals surface area contributed by atoms with E-state index in [0.717, 1.165) is 5.56 Å². The van der Waals surface area contributed by atoms with Crippen LogP contribution in [0.5, 0.6) is 5.75 Å². The Kier molecular flexibility index (Phi) is 8.77. The molecular weight excluding hydrogens is 298 g/mol. The molecular formula is C16H21N3O4. The molecule has 0 heterocycles. The number of nitrogens with one attached hydrogen (secondary N) is 2. The van der Waals surface area contributed by atoms with Gasteiger partial charge in [0.05, 0.1) is 6.21 Å². The second-order valence-corrected chi connectivity index (χ2v) is 4.47. The first-order chi connectivity index (χ1) is 11.2. The molecule has 0 saturated carbocycles. The van der Waals surface area contributed by atoms with E-state index in [1.54, 1.807) is 37.5 Å². The Morgan fingerprint density at radius 1 is 1.35 bits per heavy atom. The van der Waals surface area contributed by atoms with E-state index >= 15 is 0 Å². The number of hydrogen-bond donors (Lipinski definition) is 2. The van der Waals surface area contributed by atoms with Gasteiger partial charge in [0.25, 0.3) is 0 Å². The van der Waals surface area contributed by atoms with Gasteiger partial charge in [-0.15, -0.1) is 0 Å². The molecule has 1 aromatic rings. The molecule has 7 nitrogen and oxygen atoms in total. The second-order valence-electron chi connectivity index (χ2n) is 4.47. The molecule has 7 heteroatoms. The first-order valence-electron chi connectivity index (χ1n) is 7.11. The van der Waals surface area contributed by atoms with Gasteiger partial charge in [0, 0.05) is 20.3 Å². The van der Waals surface area contributed by atoms with Gasteiger partial charge in [-0.1, -0.05) is 24.8 Å². The van der Waals surface area contributed by atoms with Gasteiger partial charge in [-0.3, -0.25) is 9.59 Å². The molecule has 124 valence electrons. The normalized spacial score (nSPS) is 10.3. The Morgan fingerprint density at radius 3 is 2.91 bits per heavy atom. The van der Waals surface area contributed by atoms with Gasteiger partial charge in [-0.25, -0.2) is 5.43 Å². The standard InChI is InChI=1S/C16H21N3O4/c1-3-9-23-14-7-4-6-13(11-14)12-18-19-16(21)15(20)17-8-5-10-22-2/h3-4,6-7,11-12H,1,5,8-10H2,2H3,(H,17,20)(H,19,21). The number of nitrogens with zero attached hydrogens (tertiary/aromatic N) is 1. The first-order valence-corrected chi connectivity index (χ1v) is 7.11. The van der Waals surface area contributed by atoms with E-state index in [4.69, 9.17) is 9.47 Å². The monoisotopic (exact) mass is 319 g/mol. The number of benzene rings is 1. The molecule has 0 radical (unpaired) electrons. The van der Waals surface area contributed by atoms with Crippen molar-refractivity contribution in [2.24, 2.45) is 5.10 Å². The maximum absolute atomic E-state index is 11.5. The molecule has 0 atom stereocenters. The lowest BCUT2D eigenvalue weighted by molar-refractivity contribution is -0.139. The second kappa shape index (κ2) is 11.0. The minimum Gasteiger partial charge on any atom is -0.490 e. The van der Waals surface area contributed by atoms with Crippen LogP contribution in [0, 0.1) is 0 Å². The molecule has 0 spiro atoms. The van der Waals surface area contributed by atoms with E-state index in [-0.39, 0.29) is 0 Å². The molecule has 0 fully saturated rings. The van der Waals surface area contributed by atoms with Gasteiger partial charge in [0.15, 0.2) is 0 Å². The van der Waals surface area contributed by atoms with Crippen molar-refractivity contribution in [2.45, 2.75) is 6.42 Å². The van der Waals surface area contributed by atoms with Gasteiger partial charge < -0.3 is 14.8 Å². The third-order valence-electron chi connectivity index (χ3n) is 2.62. The average Bonchev–Trinajstić information content (AvgIpc) is 2.57. The number of carbonyl (C=O) groups excluding carboxylic acids is 2. The highest BCUT2D eigenvalue weighted by Crippen LogP contribution is 2.11. The summed E-state index contributed by atoms with van der Waals surface area (Å²) in [5.74, 6) is -0.893. The van der Waals surface area contributed by atoms with Gasteiger partial charge in [0.2, 0.25) is 0 Å². The zero-order valence-electron chi connectivity index (χ0n) is 13.1. The van der Waals surface area contributed by atoms with Crippen LogP contribution in [0.2, 0.25) is 0 Å². The first kappa shape index (κ1) is 18.4. The van der Waals surface area contributed by atoms with Crippen LogP contribution in [0.25, 0.3) is 0 Å². The van der Waals surface area contributed by atoms with Gasteiger partial charge >= 0.3 is 11.8 Å². The van der Waals surface area contributed by atoms with Gasteiger partial charge in [-0.05, 0) is 24.1 Å². The van der Waals surface area contributed by atoms with Crippen LogP contribution in [-0.2, 0) is 14.3 Å². The van der Waals surface area contributed by atoms with E-state index in [1.807, 2.05) is 0 Å². The minimum absolute atomic E-state index is 0.368. The highest BCUT2D eigenvalue weighted by atomic mass is 16.5. The quantitative estimate of drug-likeness (QED) is 0.232. The zero-order chi connectivity index (χ0) is 16.9. The molecule has 0 saturated heterocycles. The Bertz CT molecular complexity index is 558. The predicted octanol–water partition coefficient (Wildman–Crippen LogP) is 0.854. The van der Waals surface area contributed by atoms with Crippen molar-refractivity contribution in [3.63, 3.8) is 0 Å². The molecule has 1 rings (SSSR count). The van der Waals surface area contributed by atoms with Gasteiger partial charge in [-0.2, -0.15) is 5.10 Å². The summed E-state index contributed by atoms with van der Waals surface area (Å²) in [6.45, 7) is 4.86. The summed E-state index contributed by atoms with van der Waals surface area (Å²) >= 11 is 0. The van der Waals surface area contributed by atoms with Crippen LogP contribution in [-0.4, -0.2) is 44.9 Å². The molecule has 0 bridgehead atoms. The Morgan fingerprint density at radius 2 is 2.17 bits per heavy atom.